The molecule has 1 radical (unpaired) electrons. The summed E-state index contributed by atoms with van der Waals surface area (Å²) in [7, 11) is 0. The standard InChI is InChI=1S/C9H8NO/c11-8-10-7-6-9-4-2-1-3-5-9/h1-6,8H,(H,10,11). The molecular weight excluding hydrogens is 138 g/mol. The zero-order valence-corrected chi connectivity index (χ0v) is 5.95. The number of benzene rings is 1. The van der Waals surface area contributed by atoms with Crippen molar-refractivity contribution in [3.8, 4) is 0 Å². The fourth-order valence-corrected chi connectivity index (χ4v) is 0.708. The van der Waals surface area contributed by atoms with Crippen molar-refractivity contribution < 1.29 is 4.79 Å². The van der Waals surface area contributed by atoms with Crippen LogP contribution in [0.5, 0.6) is 0 Å². The number of carbonyl (C=O) groups is 1. The summed E-state index contributed by atoms with van der Waals surface area (Å²) in [4.78, 5) is 9.80. The van der Waals surface area contributed by atoms with Gasteiger partial charge in [-0.15, -0.1) is 0 Å². The molecule has 0 heterocycles. The quantitative estimate of drug-likeness (QED) is 0.504. The molecule has 0 saturated carbocycles. The van der Waals surface area contributed by atoms with Gasteiger partial charge in [0.2, 0.25) is 6.41 Å². The lowest BCUT2D eigenvalue weighted by Gasteiger charge is -1.88. The van der Waals surface area contributed by atoms with Gasteiger partial charge in [-0.3, -0.25) is 4.79 Å². The summed E-state index contributed by atoms with van der Waals surface area (Å²) in [5.74, 6) is 0. The maximum Gasteiger partial charge on any atom is 0.211 e. The fourth-order valence-electron chi connectivity index (χ4n) is 0.708. The van der Waals surface area contributed by atoms with Gasteiger partial charge in [-0.2, -0.15) is 0 Å². The van der Waals surface area contributed by atoms with E-state index in [1.54, 1.807) is 6.08 Å². The van der Waals surface area contributed by atoms with Crippen LogP contribution in [0.3, 0.4) is 0 Å². The number of hydrogen-bond acceptors (Lipinski definition) is 1. The SMILES string of the molecule is O=CN/[C]=C/c1ccccc1. The molecule has 1 aromatic rings. The Balaban J connectivity index is 2.57. The summed E-state index contributed by atoms with van der Waals surface area (Å²) in [5, 5.41) is 2.31. The average Bonchev–Trinajstić information content (AvgIpc) is 2.07. The topological polar surface area (TPSA) is 29.1 Å². The van der Waals surface area contributed by atoms with Gasteiger partial charge in [0.25, 0.3) is 0 Å². The Kier molecular flexibility index (Phi) is 2.93. The molecule has 11 heavy (non-hydrogen) atoms. The summed E-state index contributed by atoms with van der Waals surface area (Å²) in [6.45, 7) is 0. The molecule has 0 bridgehead atoms. The first-order valence-electron chi connectivity index (χ1n) is 3.26. The van der Waals surface area contributed by atoms with E-state index in [0.717, 1.165) is 5.56 Å². The van der Waals surface area contributed by atoms with Gasteiger partial charge in [0.15, 0.2) is 0 Å². The number of rotatable bonds is 3. The number of carbonyl (C=O) groups excluding carboxylic acids is 1. The van der Waals surface area contributed by atoms with Crippen molar-refractivity contribution in [2.24, 2.45) is 0 Å². The minimum absolute atomic E-state index is 0.583. The first kappa shape index (κ1) is 7.54. The van der Waals surface area contributed by atoms with Gasteiger partial charge in [-0.05, 0) is 11.6 Å². The van der Waals surface area contributed by atoms with Crippen molar-refractivity contribution in [3.05, 3.63) is 42.1 Å². The molecule has 55 valence electrons. The second kappa shape index (κ2) is 4.28. The zero-order chi connectivity index (χ0) is 7.94. The van der Waals surface area contributed by atoms with Crippen LogP contribution in [0.2, 0.25) is 0 Å². The van der Waals surface area contributed by atoms with E-state index in [1.807, 2.05) is 30.3 Å². The first-order chi connectivity index (χ1) is 5.43. The molecule has 0 aliphatic rings. The summed E-state index contributed by atoms with van der Waals surface area (Å²) in [6.07, 6.45) is 4.89. The monoisotopic (exact) mass is 146 g/mol. The number of hydrogen-bond donors (Lipinski definition) is 1. The van der Waals surface area contributed by atoms with Crippen molar-refractivity contribution >= 4 is 12.5 Å². The molecule has 0 saturated heterocycles. The van der Waals surface area contributed by atoms with Crippen LogP contribution in [-0.4, -0.2) is 6.41 Å². The molecule has 0 spiro atoms. The first-order valence-corrected chi connectivity index (χ1v) is 3.26. The van der Waals surface area contributed by atoms with Gasteiger partial charge < -0.3 is 5.32 Å². The van der Waals surface area contributed by atoms with Crippen LogP contribution in [0.25, 0.3) is 6.08 Å². The molecule has 1 aromatic carbocycles. The predicted octanol–water partition coefficient (Wildman–Crippen LogP) is 1.21. The molecule has 2 nitrogen and oxygen atoms in total. The van der Waals surface area contributed by atoms with E-state index in [1.165, 1.54) is 0 Å². The Labute approximate surface area is 65.5 Å². The van der Waals surface area contributed by atoms with Gasteiger partial charge in [-0.25, -0.2) is 0 Å². The molecular formula is C9H8NO. The minimum atomic E-state index is 0.583. The van der Waals surface area contributed by atoms with E-state index in [4.69, 9.17) is 0 Å². The lowest BCUT2D eigenvalue weighted by molar-refractivity contribution is -0.108. The molecule has 0 fully saturated rings. The summed E-state index contributed by atoms with van der Waals surface area (Å²) in [5.41, 5.74) is 1.02. The van der Waals surface area contributed by atoms with Crippen LogP contribution in [-0.2, 0) is 4.79 Å². The van der Waals surface area contributed by atoms with Gasteiger partial charge in [0, 0.05) is 0 Å². The van der Waals surface area contributed by atoms with Crippen LogP contribution in [0, 0.1) is 6.20 Å². The summed E-state index contributed by atoms with van der Waals surface area (Å²) < 4.78 is 0. The largest absolute Gasteiger partial charge is 0.327 e. The lowest BCUT2D eigenvalue weighted by atomic mass is 10.2. The molecule has 0 aromatic heterocycles. The van der Waals surface area contributed by atoms with E-state index in [-0.39, 0.29) is 0 Å². The smallest absolute Gasteiger partial charge is 0.211 e. The second-order valence-corrected chi connectivity index (χ2v) is 1.96. The Bertz CT molecular complexity index is 241. The zero-order valence-electron chi connectivity index (χ0n) is 5.95. The fraction of sp³-hybridized carbons (Fsp3) is 0. The van der Waals surface area contributed by atoms with Crippen molar-refractivity contribution in [1.29, 1.82) is 0 Å². The summed E-state index contributed by atoms with van der Waals surface area (Å²) >= 11 is 0. The number of nitrogens with one attached hydrogen (secondary N) is 1. The highest BCUT2D eigenvalue weighted by Gasteiger charge is 1.80. The van der Waals surface area contributed by atoms with Crippen molar-refractivity contribution in [3.63, 3.8) is 0 Å². The third kappa shape index (κ3) is 2.67. The van der Waals surface area contributed by atoms with E-state index in [9.17, 15) is 4.79 Å². The third-order valence-electron chi connectivity index (χ3n) is 1.18. The molecule has 1 amide bonds. The molecule has 2 heteroatoms. The molecule has 0 atom stereocenters. The van der Waals surface area contributed by atoms with E-state index in [2.05, 4.69) is 11.5 Å². The molecule has 0 aliphatic heterocycles. The molecule has 1 rings (SSSR count). The van der Waals surface area contributed by atoms with Gasteiger partial charge in [0.1, 0.15) is 0 Å². The average molecular weight is 146 g/mol. The van der Waals surface area contributed by atoms with E-state index >= 15 is 0 Å². The highest BCUT2D eigenvalue weighted by molar-refractivity contribution is 5.52. The highest BCUT2D eigenvalue weighted by atomic mass is 16.1. The normalized spacial score (nSPS) is 9.82. The van der Waals surface area contributed by atoms with Crippen LogP contribution >= 0.6 is 0 Å². The second-order valence-electron chi connectivity index (χ2n) is 1.96. The molecule has 0 aliphatic carbocycles. The molecule has 0 unspecified atom stereocenters. The number of amides is 1. The predicted molar refractivity (Wildman–Crippen MR) is 43.3 cm³/mol. The van der Waals surface area contributed by atoms with Gasteiger partial charge >= 0.3 is 0 Å². The molecule has 1 N–H and O–H groups in total. The maximum absolute atomic E-state index is 9.80. The highest BCUT2D eigenvalue weighted by Crippen LogP contribution is 1.98. The van der Waals surface area contributed by atoms with E-state index in [0.29, 0.717) is 6.41 Å². The Morgan fingerprint density at radius 1 is 1.27 bits per heavy atom. The van der Waals surface area contributed by atoms with Crippen molar-refractivity contribution in [1.82, 2.24) is 5.32 Å². The van der Waals surface area contributed by atoms with Crippen LogP contribution in [0.4, 0.5) is 0 Å². The summed E-state index contributed by atoms with van der Waals surface area (Å²) in [6, 6.07) is 9.65. The third-order valence-corrected chi connectivity index (χ3v) is 1.18. The Morgan fingerprint density at radius 2 is 2.00 bits per heavy atom. The van der Waals surface area contributed by atoms with E-state index < -0.39 is 0 Å². The van der Waals surface area contributed by atoms with Crippen molar-refractivity contribution in [2.45, 2.75) is 0 Å². The van der Waals surface area contributed by atoms with Crippen molar-refractivity contribution in [2.75, 3.05) is 0 Å². The van der Waals surface area contributed by atoms with Crippen LogP contribution in [0.15, 0.2) is 30.3 Å². The lowest BCUT2D eigenvalue weighted by Crippen LogP contribution is -1.98. The minimum Gasteiger partial charge on any atom is -0.327 e. The van der Waals surface area contributed by atoms with Gasteiger partial charge in [-0.1, -0.05) is 30.3 Å². The Morgan fingerprint density at radius 3 is 2.64 bits per heavy atom. The van der Waals surface area contributed by atoms with Crippen LogP contribution < -0.4 is 5.32 Å². The maximum atomic E-state index is 9.80. The van der Waals surface area contributed by atoms with Crippen LogP contribution in [0.1, 0.15) is 5.56 Å². The van der Waals surface area contributed by atoms with Gasteiger partial charge in [0.05, 0.1) is 6.20 Å². The Hall–Kier alpha value is -1.57.